The standard InChI is InChI=1S/C12H13F4N5/c1-7-5-8(17)6-9(10(7)13)11-18-19-20-21(11)4-2-3-12(14,15)16/h5-6H,2-4,17H2,1H3. The maximum Gasteiger partial charge on any atom is 0.389 e. The Bertz CT molecular complexity index is 635. The summed E-state index contributed by atoms with van der Waals surface area (Å²) in [6.45, 7) is 1.47. The molecule has 114 valence electrons. The van der Waals surface area contributed by atoms with Crippen LogP contribution in [-0.2, 0) is 6.54 Å². The summed E-state index contributed by atoms with van der Waals surface area (Å²) in [5.41, 5.74) is 6.36. The van der Waals surface area contributed by atoms with Crippen molar-refractivity contribution in [2.45, 2.75) is 32.5 Å². The number of halogens is 4. The lowest BCUT2D eigenvalue weighted by Crippen LogP contribution is -2.11. The second-order valence-electron chi connectivity index (χ2n) is 4.64. The summed E-state index contributed by atoms with van der Waals surface area (Å²) >= 11 is 0. The SMILES string of the molecule is Cc1cc(N)cc(-c2nnnn2CCCC(F)(F)F)c1F. The van der Waals surface area contributed by atoms with Crippen molar-refractivity contribution in [3.63, 3.8) is 0 Å². The van der Waals surface area contributed by atoms with Crippen LogP contribution < -0.4 is 5.73 Å². The Balaban J connectivity index is 2.25. The topological polar surface area (TPSA) is 69.6 Å². The van der Waals surface area contributed by atoms with Gasteiger partial charge in [-0.1, -0.05) is 0 Å². The van der Waals surface area contributed by atoms with Crippen molar-refractivity contribution in [2.75, 3.05) is 5.73 Å². The Morgan fingerprint density at radius 1 is 1.29 bits per heavy atom. The Kier molecular flexibility index (Phi) is 4.10. The molecule has 0 bridgehead atoms. The summed E-state index contributed by atoms with van der Waals surface area (Å²) in [7, 11) is 0. The maximum atomic E-state index is 14.1. The molecule has 2 aromatic rings. The number of hydrogen-bond donors (Lipinski definition) is 1. The number of nitrogen functional groups attached to an aromatic ring is 1. The van der Waals surface area contributed by atoms with E-state index in [1.165, 1.54) is 19.1 Å². The molecular weight excluding hydrogens is 290 g/mol. The van der Waals surface area contributed by atoms with Gasteiger partial charge in [0.05, 0.1) is 5.56 Å². The van der Waals surface area contributed by atoms with Gasteiger partial charge in [0.2, 0.25) is 0 Å². The van der Waals surface area contributed by atoms with E-state index in [9.17, 15) is 17.6 Å². The van der Waals surface area contributed by atoms with E-state index < -0.39 is 18.4 Å². The quantitative estimate of drug-likeness (QED) is 0.696. The van der Waals surface area contributed by atoms with Crippen LogP contribution in [0.4, 0.5) is 23.2 Å². The van der Waals surface area contributed by atoms with Gasteiger partial charge in [0, 0.05) is 18.7 Å². The predicted octanol–water partition coefficient (Wildman–Crippen LogP) is 2.71. The summed E-state index contributed by atoms with van der Waals surface area (Å²) < 4.78 is 51.7. The van der Waals surface area contributed by atoms with Crippen LogP contribution in [0.1, 0.15) is 18.4 Å². The van der Waals surface area contributed by atoms with Gasteiger partial charge in [-0.25, -0.2) is 9.07 Å². The molecule has 1 heterocycles. The second kappa shape index (κ2) is 5.66. The van der Waals surface area contributed by atoms with E-state index in [2.05, 4.69) is 15.5 Å². The number of anilines is 1. The highest BCUT2D eigenvalue weighted by atomic mass is 19.4. The van der Waals surface area contributed by atoms with Crippen molar-refractivity contribution in [2.24, 2.45) is 0 Å². The van der Waals surface area contributed by atoms with E-state index >= 15 is 0 Å². The van der Waals surface area contributed by atoms with Crippen molar-refractivity contribution in [1.82, 2.24) is 20.2 Å². The average molecular weight is 303 g/mol. The van der Waals surface area contributed by atoms with Crippen LogP contribution >= 0.6 is 0 Å². The number of aryl methyl sites for hydroxylation is 2. The van der Waals surface area contributed by atoms with Gasteiger partial charge in [-0.2, -0.15) is 13.2 Å². The number of aromatic nitrogens is 4. The van der Waals surface area contributed by atoms with E-state index in [0.717, 1.165) is 4.68 Å². The zero-order valence-corrected chi connectivity index (χ0v) is 11.2. The lowest BCUT2D eigenvalue weighted by atomic mass is 10.1. The van der Waals surface area contributed by atoms with Crippen LogP contribution in [0.15, 0.2) is 12.1 Å². The van der Waals surface area contributed by atoms with E-state index in [0.29, 0.717) is 11.3 Å². The molecule has 0 radical (unpaired) electrons. The summed E-state index contributed by atoms with van der Waals surface area (Å²) in [6.07, 6.45) is -5.39. The molecule has 0 spiro atoms. The van der Waals surface area contributed by atoms with Crippen LogP contribution in [-0.4, -0.2) is 26.4 Å². The van der Waals surface area contributed by atoms with Crippen molar-refractivity contribution in [3.05, 3.63) is 23.5 Å². The van der Waals surface area contributed by atoms with E-state index in [-0.39, 0.29) is 24.4 Å². The molecule has 1 aromatic heterocycles. The number of hydrogen-bond acceptors (Lipinski definition) is 4. The molecule has 21 heavy (non-hydrogen) atoms. The summed E-state index contributed by atoms with van der Waals surface area (Å²) in [5, 5.41) is 10.7. The zero-order chi connectivity index (χ0) is 15.6. The highest BCUT2D eigenvalue weighted by Gasteiger charge is 2.26. The van der Waals surface area contributed by atoms with E-state index in [1.807, 2.05) is 0 Å². The number of nitrogens with two attached hydrogens (primary N) is 1. The molecule has 0 saturated heterocycles. The largest absolute Gasteiger partial charge is 0.399 e. The zero-order valence-electron chi connectivity index (χ0n) is 11.2. The fraction of sp³-hybridized carbons (Fsp3) is 0.417. The molecule has 0 atom stereocenters. The molecule has 9 heteroatoms. The first-order chi connectivity index (χ1) is 9.78. The Hall–Kier alpha value is -2.19. The van der Waals surface area contributed by atoms with E-state index in [1.54, 1.807) is 0 Å². The normalized spacial score (nSPS) is 11.9. The van der Waals surface area contributed by atoms with Gasteiger partial charge in [0.1, 0.15) is 5.82 Å². The number of tetrazole rings is 1. The molecule has 2 rings (SSSR count). The first-order valence-electron chi connectivity index (χ1n) is 6.17. The number of alkyl halides is 3. The summed E-state index contributed by atoms with van der Waals surface area (Å²) in [5.74, 6) is -0.485. The number of benzene rings is 1. The van der Waals surface area contributed by atoms with Gasteiger partial charge in [-0.3, -0.25) is 0 Å². The molecule has 0 fully saturated rings. The molecule has 0 aliphatic carbocycles. The van der Waals surface area contributed by atoms with E-state index in [4.69, 9.17) is 5.73 Å². The van der Waals surface area contributed by atoms with Gasteiger partial charge >= 0.3 is 6.18 Å². The summed E-state index contributed by atoms with van der Waals surface area (Å²) in [6, 6.07) is 2.81. The number of nitrogens with zero attached hydrogens (tertiary/aromatic N) is 4. The highest BCUT2D eigenvalue weighted by molar-refractivity contribution is 5.63. The Morgan fingerprint density at radius 2 is 2.00 bits per heavy atom. The second-order valence-corrected chi connectivity index (χ2v) is 4.64. The van der Waals surface area contributed by atoms with Gasteiger partial charge in [0.25, 0.3) is 0 Å². The van der Waals surface area contributed by atoms with Crippen LogP contribution in [0.5, 0.6) is 0 Å². The van der Waals surface area contributed by atoms with Crippen LogP contribution in [0, 0.1) is 12.7 Å². The Labute approximate surface area is 117 Å². The molecule has 1 aromatic carbocycles. The molecule has 0 amide bonds. The van der Waals surface area contributed by atoms with Crippen molar-refractivity contribution in [1.29, 1.82) is 0 Å². The first-order valence-corrected chi connectivity index (χ1v) is 6.17. The molecule has 0 saturated carbocycles. The fourth-order valence-corrected chi connectivity index (χ4v) is 1.94. The lowest BCUT2D eigenvalue weighted by Gasteiger charge is -2.09. The third kappa shape index (κ3) is 3.67. The van der Waals surface area contributed by atoms with Crippen molar-refractivity contribution in [3.8, 4) is 11.4 Å². The molecule has 5 nitrogen and oxygen atoms in total. The Morgan fingerprint density at radius 3 is 2.67 bits per heavy atom. The fourth-order valence-electron chi connectivity index (χ4n) is 1.94. The van der Waals surface area contributed by atoms with Crippen LogP contribution in [0.25, 0.3) is 11.4 Å². The van der Waals surface area contributed by atoms with Gasteiger partial charge < -0.3 is 5.73 Å². The predicted molar refractivity (Wildman–Crippen MR) is 67.6 cm³/mol. The monoisotopic (exact) mass is 303 g/mol. The first kappa shape index (κ1) is 15.2. The van der Waals surface area contributed by atoms with Gasteiger partial charge in [-0.15, -0.1) is 5.10 Å². The maximum absolute atomic E-state index is 14.1. The third-order valence-corrected chi connectivity index (χ3v) is 2.88. The smallest absolute Gasteiger partial charge is 0.389 e. The molecule has 0 unspecified atom stereocenters. The molecule has 0 aliphatic rings. The van der Waals surface area contributed by atoms with Crippen molar-refractivity contribution >= 4 is 5.69 Å². The van der Waals surface area contributed by atoms with Crippen LogP contribution in [0.3, 0.4) is 0 Å². The van der Waals surface area contributed by atoms with Crippen molar-refractivity contribution < 1.29 is 17.6 Å². The number of rotatable bonds is 4. The minimum atomic E-state index is -4.24. The minimum Gasteiger partial charge on any atom is -0.399 e. The van der Waals surface area contributed by atoms with Gasteiger partial charge in [-0.05, 0) is 41.5 Å². The van der Waals surface area contributed by atoms with Gasteiger partial charge in [0.15, 0.2) is 5.82 Å². The van der Waals surface area contributed by atoms with Crippen LogP contribution in [0.2, 0.25) is 0 Å². The minimum absolute atomic E-state index is 0.0603. The highest BCUT2D eigenvalue weighted by Crippen LogP contribution is 2.26. The molecule has 0 aliphatic heterocycles. The third-order valence-electron chi connectivity index (χ3n) is 2.88. The molecule has 2 N–H and O–H groups in total. The molecular formula is C12H13F4N5. The average Bonchev–Trinajstić information content (AvgIpc) is 2.80. The summed E-state index contributed by atoms with van der Waals surface area (Å²) in [4.78, 5) is 0. The lowest BCUT2D eigenvalue weighted by molar-refractivity contribution is -0.136.